The average molecular weight is 338 g/mol. The number of carbonyl (C=O) groups excluding carboxylic acids is 1. The fourth-order valence-electron chi connectivity index (χ4n) is 3.94. The van der Waals surface area contributed by atoms with Crippen LogP contribution >= 0.6 is 11.6 Å². The predicted molar refractivity (Wildman–Crippen MR) is 90.0 cm³/mol. The summed E-state index contributed by atoms with van der Waals surface area (Å²) < 4.78 is 0. The van der Waals surface area contributed by atoms with Crippen LogP contribution in [0.1, 0.15) is 51.4 Å². The van der Waals surface area contributed by atoms with Gasteiger partial charge in [0.05, 0.1) is 0 Å². The van der Waals surface area contributed by atoms with Crippen LogP contribution in [0.25, 0.3) is 0 Å². The third-order valence-electron chi connectivity index (χ3n) is 5.05. The van der Waals surface area contributed by atoms with Crippen LogP contribution < -0.4 is 16.2 Å². The third-order valence-corrected chi connectivity index (χ3v) is 5.25. The summed E-state index contributed by atoms with van der Waals surface area (Å²) in [7, 11) is 0. The number of nitrogens with one attached hydrogen (secondary N) is 3. The number of hydrogen-bond donors (Lipinski definition) is 3. The van der Waals surface area contributed by atoms with E-state index in [0.29, 0.717) is 22.8 Å². The second-order valence-corrected chi connectivity index (χ2v) is 6.97. The Labute approximate surface area is 141 Å². The Morgan fingerprint density at radius 3 is 2.17 bits per heavy atom. The van der Waals surface area contributed by atoms with Gasteiger partial charge in [-0.1, -0.05) is 37.3 Å². The summed E-state index contributed by atoms with van der Waals surface area (Å²) in [5.41, 5.74) is 5.41. The maximum absolute atomic E-state index is 12.2. The van der Waals surface area contributed by atoms with Gasteiger partial charge >= 0.3 is 6.03 Å². The summed E-state index contributed by atoms with van der Waals surface area (Å²) in [6.45, 7) is 0. The molecule has 2 saturated carbocycles. The number of hydrogen-bond acceptors (Lipinski definition) is 4. The van der Waals surface area contributed by atoms with Crippen molar-refractivity contribution in [2.45, 2.75) is 57.4 Å². The third kappa shape index (κ3) is 4.47. The molecule has 2 aliphatic rings. The maximum atomic E-state index is 12.2. The van der Waals surface area contributed by atoms with Crippen LogP contribution in [0.15, 0.2) is 12.1 Å². The van der Waals surface area contributed by atoms with E-state index in [1.807, 2.05) is 0 Å². The SMILES string of the molecule is O=C(NNc1ccc(Cl)nn1)NC(C1CCCC1)C1CCCC1. The zero-order valence-corrected chi connectivity index (χ0v) is 14.0. The summed E-state index contributed by atoms with van der Waals surface area (Å²) in [5.74, 6) is 1.71. The van der Waals surface area contributed by atoms with Gasteiger partial charge in [0, 0.05) is 6.04 Å². The molecule has 1 heterocycles. The number of urea groups is 1. The highest BCUT2D eigenvalue weighted by Gasteiger charge is 2.34. The molecule has 6 nitrogen and oxygen atoms in total. The van der Waals surface area contributed by atoms with Crippen molar-refractivity contribution in [1.82, 2.24) is 20.9 Å². The van der Waals surface area contributed by atoms with Gasteiger partial charge in [-0.3, -0.25) is 10.9 Å². The van der Waals surface area contributed by atoms with E-state index in [-0.39, 0.29) is 12.1 Å². The lowest BCUT2D eigenvalue weighted by Gasteiger charge is -2.30. The smallest absolute Gasteiger partial charge is 0.333 e. The summed E-state index contributed by atoms with van der Waals surface area (Å²) in [4.78, 5) is 12.2. The molecule has 0 aromatic carbocycles. The van der Waals surface area contributed by atoms with Crippen LogP contribution in [0.5, 0.6) is 0 Å². The molecule has 0 radical (unpaired) electrons. The van der Waals surface area contributed by atoms with Crippen LogP contribution in [0, 0.1) is 11.8 Å². The second kappa shape index (κ2) is 7.81. The van der Waals surface area contributed by atoms with Gasteiger partial charge in [-0.2, -0.15) is 0 Å². The van der Waals surface area contributed by atoms with Crippen molar-refractivity contribution in [2.75, 3.05) is 5.43 Å². The minimum atomic E-state index is -0.203. The van der Waals surface area contributed by atoms with Crippen molar-refractivity contribution in [3.8, 4) is 0 Å². The highest BCUT2D eigenvalue weighted by Crippen LogP contribution is 2.37. The van der Waals surface area contributed by atoms with E-state index in [1.54, 1.807) is 12.1 Å². The molecule has 1 aromatic rings. The molecule has 126 valence electrons. The molecule has 7 heteroatoms. The zero-order chi connectivity index (χ0) is 16.1. The predicted octanol–water partition coefficient (Wildman–Crippen LogP) is 3.51. The number of aromatic nitrogens is 2. The van der Waals surface area contributed by atoms with E-state index < -0.39 is 0 Å². The quantitative estimate of drug-likeness (QED) is 0.718. The van der Waals surface area contributed by atoms with Crippen molar-refractivity contribution in [3.63, 3.8) is 0 Å². The minimum Gasteiger partial charge on any atom is -0.333 e. The highest BCUT2D eigenvalue weighted by molar-refractivity contribution is 6.29. The number of rotatable bonds is 5. The van der Waals surface area contributed by atoms with Crippen molar-refractivity contribution in [3.05, 3.63) is 17.3 Å². The van der Waals surface area contributed by atoms with E-state index in [4.69, 9.17) is 11.6 Å². The molecule has 2 amide bonds. The van der Waals surface area contributed by atoms with Crippen LogP contribution in [-0.4, -0.2) is 22.3 Å². The Bertz CT molecular complexity index is 496. The van der Waals surface area contributed by atoms with E-state index >= 15 is 0 Å². The van der Waals surface area contributed by atoms with Gasteiger partial charge in [-0.15, -0.1) is 10.2 Å². The number of nitrogens with zero attached hydrogens (tertiary/aromatic N) is 2. The van der Waals surface area contributed by atoms with Crippen molar-refractivity contribution in [2.24, 2.45) is 11.8 Å². The molecule has 23 heavy (non-hydrogen) atoms. The number of hydrazine groups is 1. The van der Waals surface area contributed by atoms with Crippen LogP contribution in [-0.2, 0) is 0 Å². The standard InChI is InChI=1S/C16H24ClN5O/c17-13-9-10-14(20-19-13)21-22-16(23)18-15(11-5-1-2-6-11)12-7-3-4-8-12/h9-12,15H,1-8H2,(H,20,21)(H2,18,22,23). The molecular formula is C16H24ClN5O. The first-order chi connectivity index (χ1) is 11.2. The Balaban J connectivity index is 1.53. The van der Waals surface area contributed by atoms with Crippen LogP contribution in [0.4, 0.5) is 10.6 Å². The number of amides is 2. The topological polar surface area (TPSA) is 78.9 Å². The molecule has 2 fully saturated rings. The first kappa shape index (κ1) is 16.3. The number of carbonyl (C=O) groups is 1. The molecule has 0 spiro atoms. The first-order valence-corrected chi connectivity index (χ1v) is 8.92. The van der Waals surface area contributed by atoms with Crippen molar-refractivity contribution in [1.29, 1.82) is 0 Å². The lowest BCUT2D eigenvalue weighted by Crippen LogP contribution is -2.49. The fourth-order valence-corrected chi connectivity index (χ4v) is 4.05. The van der Waals surface area contributed by atoms with Gasteiger partial charge in [0.2, 0.25) is 0 Å². The Hall–Kier alpha value is -1.56. The largest absolute Gasteiger partial charge is 0.333 e. The van der Waals surface area contributed by atoms with Gasteiger partial charge in [0.1, 0.15) is 0 Å². The summed E-state index contributed by atoms with van der Waals surface area (Å²) in [5, 5.41) is 11.1. The van der Waals surface area contributed by atoms with E-state index in [9.17, 15) is 4.79 Å². The fraction of sp³-hybridized carbons (Fsp3) is 0.688. The lowest BCUT2D eigenvalue weighted by atomic mass is 9.86. The highest BCUT2D eigenvalue weighted by atomic mass is 35.5. The number of halogens is 1. The Morgan fingerprint density at radius 2 is 1.65 bits per heavy atom. The van der Waals surface area contributed by atoms with E-state index in [2.05, 4.69) is 26.4 Å². The minimum absolute atomic E-state index is 0.203. The van der Waals surface area contributed by atoms with Gasteiger partial charge < -0.3 is 5.32 Å². The molecule has 0 bridgehead atoms. The molecule has 3 N–H and O–H groups in total. The monoisotopic (exact) mass is 337 g/mol. The molecule has 0 saturated heterocycles. The molecule has 3 rings (SSSR count). The summed E-state index contributed by atoms with van der Waals surface area (Å²) in [6, 6.07) is 3.38. The lowest BCUT2D eigenvalue weighted by molar-refractivity contribution is 0.217. The van der Waals surface area contributed by atoms with Crippen molar-refractivity contribution >= 4 is 23.4 Å². The summed E-state index contributed by atoms with van der Waals surface area (Å²) in [6.07, 6.45) is 10.1. The normalized spacial score (nSPS) is 19.2. The van der Waals surface area contributed by atoms with Crippen molar-refractivity contribution < 1.29 is 4.79 Å². The molecule has 0 aliphatic heterocycles. The number of anilines is 1. The van der Waals surface area contributed by atoms with Gasteiger partial charge in [-0.05, 0) is 49.7 Å². The van der Waals surface area contributed by atoms with Crippen LogP contribution in [0.3, 0.4) is 0 Å². The summed E-state index contributed by atoms with van der Waals surface area (Å²) >= 11 is 5.69. The molecule has 0 atom stereocenters. The maximum Gasteiger partial charge on any atom is 0.333 e. The molecule has 2 aliphatic carbocycles. The first-order valence-electron chi connectivity index (χ1n) is 8.54. The van der Waals surface area contributed by atoms with Gasteiger partial charge in [0.25, 0.3) is 0 Å². The average Bonchev–Trinajstić information content (AvgIpc) is 3.25. The zero-order valence-electron chi connectivity index (χ0n) is 13.2. The van der Waals surface area contributed by atoms with Crippen LogP contribution in [0.2, 0.25) is 5.15 Å². The molecule has 1 aromatic heterocycles. The second-order valence-electron chi connectivity index (χ2n) is 6.58. The van der Waals surface area contributed by atoms with Gasteiger partial charge in [0.15, 0.2) is 11.0 Å². The Morgan fingerprint density at radius 1 is 1.04 bits per heavy atom. The molecule has 0 unspecified atom stereocenters. The van der Waals surface area contributed by atoms with Gasteiger partial charge in [-0.25, -0.2) is 4.79 Å². The van der Waals surface area contributed by atoms with E-state index in [1.165, 1.54) is 51.4 Å². The van der Waals surface area contributed by atoms with E-state index in [0.717, 1.165) is 0 Å². The Kier molecular flexibility index (Phi) is 5.54. The molecular weight excluding hydrogens is 314 g/mol.